The Hall–Kier alpha value is -1.24. The molecule has 1 aromatic rings. The number of rotatable bonds is 4. The molecule has 3 nitrogen and oxygen atoms in total. The SMILES string of the molecule is CC(CN(C)C)Nc1ccc(C#N)c(Cl)c1. The van der Waals surface area contributed by atoms with Crippen LogP contribution in [-0.2, 0) is 0 Å². The molecule has 1 N–H and O–H groups in total. The Morgan fingerprint density at radius 1 is 1.50 bits per heavy atom. The zero-order valence-corrected chi connectivity index (χ0v) is 10.5. The highest BCUT2D eigenvalue weighted by Crippen LogP contribution is 2.20. The summed E-state index contributed by atoms with van der Waals surface area (Å²) in [5.74, 6) is 0. The second-order valence-electron chi connectivity index (χ2n) is 4.11. The average Bonchev–Trinajstić information content (AvgIpc) is 2.16. The summed E-state index contributed by atoms with van der Waals surface area (Å²) in [6.07, 6.45) is 0. The molecule has 0 aliphatic carbocycles. The van der Waals surface area contributed by atoms with E-state index in [4.69, 9.17) is 16.9 Å². The van der Waals surface area contributed by atoms with Gasteiger partial charge in [0.15, 0.2) is 0 Å². The lowest BCUT2D eigenvalue weighted by Crippen LogP contribution is -2.29. The fourth-order valence-corrected chi connectivity index (χ4v) is 1.80. The lowest BCUT2D eigenvalue weighted by molar-refractivity contribution is 0.392. The van der Waals surface area contributed by atoms with Gasteiger partial charge < -0.3 is 10.2 Å². The van der Waals surface area contributed by atoms with Crippen molar-refractivity contribution in [1.29, 1.82) is 5.26 Å². The summed E-state index contributed by atoms with van der Waals surface area (Å²) in [6.45, 7) is 3.05. The Balaban J connectivity index is 2.69. The maximum Gasteiger partial charge on any atom is 0.101 e. The normalized spacial score (nSPS) is 12.2. The van der Waals surface area contributed by atoms with Gasteiger partial charge in [-0.15, -0.1) is 0 Å². The lowest BCUT2D eigenvalue weighted by atomic mass is 10.2. The van der Waals surface area contributed by atoms with E-state index in [1.165, 1.54) is 0 Å². The molecule has 4 heteroatoms. The summed E-state index contributed by atoms with van der Waals surface area (Å²) >= 11 is 5.95. The quantitative estimate of drug-likeness (QED) is 0.875. The van der Waals surface area contributed by atoms with Crippen LogP contribution in [0.4, 0.5) is 5.69 Å². The molecule has 16 heavy (non-hydrogen) atoms. The number of likely N-dealkylation sites (N-methyl/N-ethyl adjacent to an activating group) is 1. The lowest BCUT2D eigenvalue weighted by Gasteiger charge is -2.19. The number of hydrogen-bond acceptors (Lipinski definition) is 3. The van der Waals surface area contributed by atoms with Crippen molar-refractivity contribution in [3.8, 4) is 6.07 Å². The minimum Gasteiger partial charge on any atom is -0.381 e. The predicted molar refractivity (Wildman–Crippen MR) is 67.8 cm³/mol. The Morgan fingerprint density at radius 3 is 2.69 bits per heavy atom. The third-order valence-corrected chi connectivity index (χ3v) is 2.45. The van der Waals surface area contributed by atoms with Gasteiger partial charge in [0.2, 0.25) is 0 Å². The van der Waals surface area contributed by atoms with Gasteiger partial charge in [0.05, 0.1) is 10.6 Å². The van der Waals surface area contributed by atoms with Gasteiger partial charge in [-0.25, -0.2) is 0 Å². The molecule has 0 saturated heterocycles. The molecule has 0 bridgehead atoms. The van der Waals surface area contributed by atoms with Gasteiger partial charge in [0.1, 0.15) is 6.07 Å². The molecule has 86 valence electrons. The van der Waals surface area contributed by atoms with Gasteiger partial charge in [-0.05, 0) is 39.2 Å². The number of benzene rings is 1. The summed E-state index contributed by atoms with van der Waals surface area (Å²) in [5.41, 5.74) is 1.45. The Morgan fingerprint density at radius 2 is 2.19 bits per heavy atom. The molecule has 0 aliphatic rings. The zero-order chi connectivity index (χ0) is 12.1. The van der Waals surface area contributed by atoms with Crippen LogP contribution in [0.5, 0.6) is 0 Å². The van der Waals surface area contributed by atoms with Crippen LogP contribution in [0.15, 0.2) is 18.2 Å². The van der Waals surface area contributed by atoms with Gasteiger partial charge in [-0.2, -0.15) is 5.26 Å². The standard InChI is InChI=1S/C12H16ClN3/c1-9(8-16(2)3)15-11-5-4-10(7-14)12(13)6-11/h4-6,9,15H,8H2,1-3H3. The van der Waals surface area contributed by atoms with E-state index in [-0.39, 0.29) is 0 Å². The van der Waals surface area contributed by atoms with E-state index < -0.39 is 0 Å². The van der Waals surface area contributed by atoms with Crippen LogP contribution in [0.3, 0.4) is 0 Å². The maximum atomic E-state index is 8.75. The highest BCUT2D eigenvalue weighted by atomic mass is 35.5. The second kappa shape index (κ2) is 5.74. The van der Waals surface area contributed by atoms with Gasteiger partial charge >= 0.3 is 0 Å². The monoisotopic (exact) mass is 237 g/mol. The van der Waals surface area contributed by atoms with Crippen molar-refractivity contribution in [2.24, 2.45) is 0 Å². The molecule has 0 fully saturated rings. The van der Waals surface area contributed by atoms with E-state index in [1.807, 2.05) is 26.2 Å². The van der Waals surface area contributed by atoms with Crippen LogP contribution >= 0.6 is 11.6 Å². The Bertz CT molecular complexity index is 396. The van der Waals surface area contributed by atoms with Gasteiger partial charge in [0, 0.05) is 18.3 Å². The number of nitrogens with zero attached hydrogens (tertiary/aromatic N) is 2. The van der Waals surface area contributed by atoms with E-state index in [0.717, 1.165) is 12.2 Å². The second-order valence-corrected chi connectivity index (χ2v) is 4.52. The number of hydrogen-bond donors (Lipinski definition) is 1. The van der Waals surface area contributed by atoms with Crippen molar-refractivity contribution in [2.45, 2.75) is 13.0 Å². The molecule has 0 spiro atoms. The zero-order valence-electron chi connectivity index (χ0n) is 9.79. The molecule has 0 heterocycles. The summed E-state index contributed by atoms with van der Waals surface area (Å²) < 4.78 is 0. The van der Waals surface area contributed by atoms with Crippen LogP contribution in [0, 0.1) is 11.3 Å². The average molecular weight is 238 g/mol. The summed E-state index contributed by atoms with van der Waals surface area (Å²) in [5, 5.41) is 12.6. The van der Waals surface area contributed by atoms with Crippen molar-refractivity contribution in [1.82, 2.24) is 4.90 Å². The van der Waals surface area contributed by atoms with E-state index in [9.17, 15) is 0 Å². The first-order chi connectivity index (χ1) is 7.52. The summed E-state index contributed by atoms with van der Waals surface area (Å²) in [4.78, 5) is 2.11. The first kappa shape index (κ1) is 12.8. The molecular weight excluding hydrogens is 222 g/mol. The molecule has 0 aliphatic heterocycles. The van der Waals surface area contributed by atoms with Crippen LogP contribution < -0.4 is 5.32 Å². The van der Waals surface area contributed by atoms with E-state index in [1.54, 1.807) is 12.1 Å². The topological polar surface area (TPSA) is 39.1 Å². The third kappa shape index (κ3) is 3.73. The largest absolute Gasteiger partial charge is 0.381 e. The van der Waals surface area contributed by atoms with E-state index >= 15 is 0 Å². The van der Waals surface area contributed by atoms with Crippen molar-refractivity contribution in [3.63, 3.8) is 0 Å². The molecule has 0 aromatic heterocycles. The molecule has 1 unspecified atom stereocenters. The van der Waals surface area contributed by atoms with Crippen LogP contribution in [0.2, 0.25) is 5.02 Å². The first-order valence-electron chi connectivity index (χ1n) is 5.14. The molecule has 0 amide bonds. The van der Waals surface area contributed by atoms with E-state index in [0.29, 0.717) is 16.6 Å². The van der Waals surface area contributed by atoms with Gasteiger partial charge in [-0.1, -0.05) is 11.6 Å². The molecular formula is C12H16ClN3. The van der Waals surface area contributed by atoms with Crippen LogP contribution in [-0.4, -0.2) is 31.6 Å². The number of nitriles is 1. The highest BCUT2D eigenvalue weighted by Gasteiger charge is 2.05. The van der Waals surface area contributed by atoms with Crippen molar-refractivity contribution in [3.05, 3.63) is 28.8 Å². The number of nitrogens with one attached hydrogen (secondary N) is 1. The molecule has 0 radical (unpaired) electrons. The van der Waals surface area contributed by atoms with Crippen molar-refractivity contribution in [2.75, 3.05) is 26.0 Å². The van der Waals surface area contributed by atoms with Crippen molar-refractivity contribution < 1.29 is 0 Å². The minimum absolute atomic E-state index is 0.332. The molecule has 1 aromatic carbocycles. The van der Waals surface area contributed by atoms with E-state index in [2.05, 4.69) is 17.1 Å². The van der Waals surface area contributed by atoms with Crippen molar-refractivity contribution >= 4 is 17.3 Å². The minimum atomic E-state index is 0.332. The predicted octanol–water partition coefficient (Wildman–Crippen LogP) is 2.57. The summed E-state index contributed by atoms with van der Waals surface area (Å²) in [7, 11) is 4.06. The Labute approximate surface area is 102 Å². The molecule has 1 atom stereocenters. The van der Waals surface area contributed by atoms with Gasteiger partial charge in [0.25, 0.3) is 0 Å². The fraction of sp³-hybridized carbons (Fsp3) is 0.417. The third-order valence-electron chi connectivity index (χ3n) is 2.14. The first-order valence-corrected chi connectivity index (χ1v) is 5.51. The van der Waals surface area contributed by atoms with Crippen LogP contribution in [0.25, 0.3) is 0 Å². The smallest absolute Gasteiger partial charge is 0.101 e. The highest BCUT2D eigenvalue weighted by molar-refractivity contribution is 6.32. The number of halogens is 1. The number of anilines is 1. The van der Waals surface area contributed by atoms with Gasteiger partial charge in [-0.3, -0.25) is 0 Å². The summed E-state index contributed by atoms with van der Waals surface area (Å²) in [6, 6.07) is 7.76. The molecule has 0 saturated carbocycles. The Kier molecular flexibility index (Phi) is 4.60. The molecule has 1 rings (SSSR count). The maximum absolute atomic E-state index is 8.75. The fourth-order valence-electron chi connectivity index (χ4n) is 1.57. The van der Waals surface area contributed by atoms with Crippen LogP contribution in [0.1, 0.15) is 12.5 Å².